The first-order valence-electron chi connectivity index (χ1n) is 11.5. The van der Waals surface area contributed by atoms with Gasteiger partial charge in [0.1, 0.15) is 5.52 Å². The van der Waals surface area contributed by atoms with Gasteiger partial charge in [-0.3, -0.25) is 9.78 Å². The van der Waals surface area contributed by atoms with Gasteiger partial charge in [0.25, 0.3) is 0 Å². The third kappa shape index (κ3) is 5.53. The standard InChI is InChI=1S/C28H26N4O2S/c1-34-26-12-11-25-28(31-26)24(13-14-30-25)22-9-7-20(8-10-22)15-29-16-23-18-32(27(33)19-35-23)17-21-5-3-2-4-6-21/h2-14,18,29H,15-17,19H2,1H3. The lowest BCUT2D eigenvalue weighted by Gasteiger charge is -2.25. The first-order valence-corrected chi connectivity index (χ1v) is 12.4. The molecule has 1 aliphatic heterocycles. The molecule has 1 N–H and O–H groups in total. The minimum absolute atomic E-state index is 0.147. The summed E-state index contributed by atoms with van der Waals surface area (Å²) in [7, 11) is 1.62. The normalized spacial score (nSPS) is 13.7. The van der Waals surface area contributed by atoms with E-state index in [1.54, 1.807) is 18.9 Å². The van der Waals surface area contributed by atoms with Crippen LogP contribution in [0.15, 0.2) is 90.1 Å². The number of nitrogens with one attached hydrogen (secondary N) is 1. The molecule has 1 aliphatic rings. The molecule has 0 aliphatic carbocycles. The highest BCUT2D eigenvalue weighted by Gasteiger charge is 2.19. The average molecular weight is 483 g/mol. The van der Waals surface area contributed by atoms with Crippen molar-refractivity contribution in [2.24, 2.45) is 0 Å². The van der Waals surface area contributed by atoms with E-state index in [0.29, 0.717) is 18.2 Å². The van der Waals surface area contributed by atoms with Crippen LogP contribution in [0.25, 0.3) is 22.2 Å². The van der Waals surface area contributed by atoms with Gasteiger partial charge in [-0.05, 0) is 28.8 Å². The largest absolute Gasteiger partial charge is 0.481 e. The zero-order chi connectivity index (χ0) is 24.0. The van der Waals surface area contributed by atoms with E-state index in [-0.39, 0.29) is 5.91 Å². The Morgan fingerprint density at radius 3 is 2.60 bits per heavy atom. The van der Waals surface area contributed by atoms with E-state index < -0.39 is 0 Å². The minimum atomic E-state index is 0.147. The van der Waals surface area contributed by atoms with Gasteiger partial charge in [0, 0.05) is 42.0 Å². The maximum Gasteiger partial charge on any atom is 0.237 e. The average Bonchev–Trinajstić information content (AvgIpc) is 2.91. The molecule has 0 radical (unpaired) electrons. The Kier molecular flexibility index (Phi) is 7.07. The van der Waals surface area contributed by atoms with Crippen LogP contribution in [0.4, 0.5) is 0 Å². The number of pyridine rings is 2. The monoisotopic (exact) mass is 482 g/mol. The Balaban J connectivity index is 1.22. The van der Waals surface area contributed by atoms with Crippen LogP contribution >= 0.6 is 11.8 Å². The topological polar surface area (TPSA) is 67.3 Å². The molecule has 0 spiro atoms. The summed E-state index contributed by atoms with van der Waals surface area (Å²) in [5, 5.41) is 3.51. The van der Waals surface area contributed by atoms with Crippen molar-refractivity contribution in [3.05, 3.63) is 101 Å². The Hall–Kier alpha value is -3.68. The number of benzene rings is 2. The van der Waals surface area contributed by atoms with Crippen molar-refractivity contribution < 1.29 is 9.53 Å². The number of hydrogen-bond acceptors (Lipinski definition) is 6. The summed E-state index contributed by atoms with van der Waals surface area (Å²) in [5.74, 6) is 1.20. The first-order chi connectivity index (χ1) is 17.2. The molecule has 176 valence electrons. The number of carbonyl (C=O) groups excluding carboxylic acids is 1. The second kappa shape index (κ2) is 10.7. The predicted octanol–water partition coefficient (Wildman–Crippen LogP) is 5.01. The number of amides is 1. The lowest BCUT2D eigenvalue weighted by molar-refractivity contribution is -0.126. The highest BCUT2D eigenvalue weighted by atomic mass is 32.2. The molecular formula is C28H26N4O2S. The summed E-state index contributed by atoms with van der Waals surface area (Å²) in [6.45, 7) is 2.08. The molecule has 0 bridgehead atoms. The molecule has 0 atom stereocenters. The van der Waals surface area contributed by atoms with E-state index in [1.165, 1.54) is 10.5 Å². The van der Waals surface area contributed by atoms with Crippen LogP contribution in [0.1, 0.15) is 11.1 Å². The van der Waals surface area contributed by atoms with Gasteiger partial charge in [-0.15, -0.1) is 11.8 Å². The van der Waals surface area contributed by atoms with Crippen LogP contribution in [0, 0.1) is 0 Å². The summed E-state index contributed by atoms with van der Waals surface area (Å²) in [6, 6.07) is 24.3. The fourth-order valence-electron chi connectivity index (χ4n) is 4.02. The van der Waals surface area contributed by atoms with Crippen LogP contribution < -0.4 is 10.1 Å². The lowest BCUT2D eigenvalue weighted by Crippen LogP contribution is -2.31. The number of thioether (sulfide) groups is 1. The summed E-state index contributed by atoms with van der Waals surface area (Å²) in [6.07, 6.45) is 3.79. The number of methoxy groups -OCH3 is 1. The molecule has 0 fully saturated rings. The number of aromatic nitrogens is 2. The summed E-state index contributed by atoms with van der Waals surface area (Å²) >= 11 is 1.61. The second-order valence-electron chi connectivity index (χ2n) is 8.27. The fourth-order valence-corrected chi connectivity index (χ4v) is 4.90. The molecule has 35 heavy (non-hydrogen) atoms. The summed E-state index contributed by atoms with van der Waals surface area (Å²) < 4.78 is 5.29. The zero-order valence-corrected chi connectivity index (χ0v) is 20.3. The van der Waals surface area contributed by atoms with Gasteiger partial charge < -0.3 is 15.0 Å². The quantitative estimate of drug-likeness (QED) is 0.381. The van der Waals surface area contributed by atoms with E-state index in [2.05, 4.69) is 39.6 Å². The van der Waals surface area contributed by atoms with Crippen molar-refractivity contribution in [3.63, 3.8) is 0 Å². The van der Waals surface area contributed by atoms with E-state index in [9.17, 15) is 4.79 Å². The van der Waals surface area contributed by atoms with Gasteiger partial charge >= 0.3 is 0 Å². The van der Waals surface area contributed by atoms with E-state index >= 15 is 0 Å². The molecule has 7 heteroatoms. The molecule has 0 saturated carbocycles. The molecule has 5 rings (SSSR count). The van der Waals surface area contributed by atoms with Crippen molar-refractivity contribution in [1.82, 2.24) is 20.2 Å². The zero-order valence-electron chi connectivity index (χ0n) is 19.5. The van der Waals surface area contributed by atoms with E-state index in [4.69, 9.17) is 4.74 Å². The SMILES string of the molecule is COc1ccc2nccc(-c3ccc(CNCC4=CN(Cc5ccccc5)C(=O)CS4)cc3)c2n1. The predicted molar refractivity (Wildman–Crippen MR) is 141 cm³/mol. The molecule has 0 unspecified atom stereocenters. The Labute approximate surface area is 209 Å². The molecule has 2 aromatic carbocycles. The molecular weight excluding hydrogens is 456 g/mol. The second-order valence-corrected chi connectivity index (χ2v) is 9.37. The molecule has 1 amide bonds. The summed E-state index contributed by atoms with van der Waals surface area (Å²) in [4.78, 5) is 24.3. The van der Waals surface area contributed by atoms with Crippen molar-refractivity contribution >= 4 is 28.7 Å². The molecule has 3 heterocycles. The van der Waals surface area contributed by atoms with E-state index in [1.807, 2.05) is 65.8 Å². The van der Waals surface area contributed by atoms with Gasteiger partial charge in [0.05, 0.1) is 24.9 Å². The number of rotatable bonds is 8. The van der Waals surface area contributed by atoms with E-state index in [0.717, 1.165) is 40.8 Å². The van der Waals surface area contributed by atoms with Crippen LogP contribution in [0.5, 0.6) is 5.88 Å². The number of nitrogens with zero attached hydrogens (tertiary/aromatic N) is 3. The highest BCUT2D eigenvalue weighted by molar-refractivity contribution is 8.03. The maximum absolute atomic E-state index is 12.3. The Morgan fingerprint density at radius 2 is 1.80 bits per heavy atom. The number of carbonyl (C=O) groups is 1. The van der Waals surface area contributed by atoms with Gasteiger partial charge in [-0.2, -0.15) is 0 Å². The molecule has 0 saturated heterocycles. The summed E-state index contributed by atoms with van der Waals surface area (Å²) in [5.41, 5.74) is 6.10. The smallest absolute Gasteiger partial charge is 0.237 e. The van der Waals surface area contributed by atoms with Crippen molar-refractivity contribution in [2.45, 2.75) is 13.1 Å². The number of hydrogen-bond donors (Lipinski definition) is 1. The molecule has 6 nitrogen and oxygen atoms in total. The maximum atomic E-state index is 12.3. The molecule has 2 aromatic heterocycles. The fraction of sp³-hybridized carbons (Fsp3) is 0.179. The van der Waals surface area contributed by atoms with Crippen LogP contribution in [0.3, 0.4) is 0 Å². The van der Waals surface area contributed by atoms with Crippen molar-refractivity contribution in [2.75, 3.05) is 19.4 Å². The third-order valence-corrected chi connectivity index (χ3v) is 6.87. The van der Waals surface area contributed by atoms with Crippen molar-refractivity contribution in [3.8, 4) is 17.0 Å². The van der Waals surface area contributed by atoms with Crippen LogP contribution in [0.2, 0.25) is 0 Å². The lowest BCUT2D eigenvalue weighted by atomic mass is 10.0. The molecule has 4 aromatic rings. The van der Waals surface area contributed by atoms with Crippen LogP contribution in [-0.2, 0) is 17.9 Å². The van der Waals surface area contributed by atoms with Gasteiger partial charge in [0.2, 0.25) is 11.8 Å². The minimum Gasteiger partial charge on any atom is -0.481 e. The Morgan fingerprint density at radius 1 is 0.971 bits per heavy atom. The van der Waals surface area contributed by atoms with Gasteiger partial charge in [-0.1, -0.05) is 54.6 Å². The van der Waals surface area contributed by atoms with Gasteiger partial charge in [-0.25, -0.2) is 4.98 Å². The number of fused-ring (bicyclic) bond motifs is 1. The van der Waals surface area contributed by atoms with Crippen molar-refractivity contribution in [1.29, 1.82) is 0 Å². The number of ether oxygens (including phenoxy) is 1. The third-order valence-electron chi connectivity index (χ3n) is 5.86. The van der Waals surface area contributed by atoms with Gasteiger partial charge in [0.15, 0.2) is 0 Å². The highest BCUT2D eigenvalue weighted by Crippen LogP contribution is 2.28. The Bertz CT molecular complexity index is 1360. The first kappa shape index (κ1) is 23.1. The van der Waals surface area contributed by atoms with Crippen LogP contribution in [-0.4, -0.2) is 40.2 Å².